The van der Waals surface area contributed by atoms with Gasteiger partial charge in [-0.3, -0.25) is 9.59 Å². The molecule has 0 fully saturated rings. The topological polar surface area (TPSA) is 108 Å². The fourth-order valence-corrected chi connectivity index (χ4v) is 10.5. The van der Waals surface area contributed by atoms with E-state index in [0.717, 1.165) is 103 Å². The second-order valence-electron chi connectivity index (χ2n) is 26.2. The number of allylic oxidation sites excluding steroid dienone is 20. The van der Waals surface area contributed by atoms with Crippen molar-refractivity contribution in [2.45, 2.75) is 334 Å². The van der Waals surface area contributed by atoms with Crippen molar-refractivity contribution in [3.8, 4) is 0 Å². The molecule has 0 bridgehead atoms. The lowest BCUT2D eigenvalue weighted by atomic mass is 10.0. The van der Waals surface area contributed by atoms with Crippen LogP contribution in [-0.4, -0.2) is 87.4 Å². The Morgan fingerprint density at radius 1 is 0.330 bits per heavy atom. The minimum absolute atomic E-state index is 0.184. The number of esters is 2. The third-order valence-electron chi connectivity index (χ3n) is 16.2. The van der Waals surface area contributed by atoms with E-state index in [1.807, 2.05) is 21.1 Å². The van der Waals surface area contributed by atoms with Crippen LogP contribution < -0.4 is 0 Å². The molecule has 2 unspecified atom stereocenters. The molecule has 0 aliphatic rings. The van der Waals surface area contributed by atoms with Gasteiger partial charge in [-0.2, -0.15) is 0 Å². The van der Waals surface area contributed by atoms with E-state index in [9.17, 15) is 19.5 Å². The standard InChI is InChI=1S/C82H141NO8/c1-6-8-10-12-14-16-18-20-22-24-26-28-30-32-34-36-38-39-40-41-43-44-46-48-50-52-54-56-58-60-62-64-66-68-70-72-79(84)89-76-78(77-90-82(81(86)87)88-75-74-83(3,4)5)91-80(85)73-71-69-67-65-63-61-59-57-55-53-51-49-47-45-42-37-35-33-31-29-27-25-23-21-19-17-15-13-11-9-7-2/h8-11,14-17,20-23,26-29,33,35,42,45,78,82H,6-7,12-13,18-19,24-25,30-32,34,36-41,43-44,46-77H2,1-5H3/p+1/b10-8-,11-9-,16-14-,17-15-,22-20-,23-21-,28-26-,29-27-,35-33-,45-42-. The van der Waals surface area contributed by atoms with Crippen LogP contribution in [0, 0.1) is 0 Å². The summed E-state index contributed by atoms with van der Waals surface area (Å²) < 4.78 is 23.0. The Bertz CT molecular complexity index is 1910. The van der Waals surface area contributed by atoms with E-state index in [4.69, 9.17) is 18.9 Å². The maximum Gasteiger partial charge on any atom is 0.361 e. The Balaban J connectivity index is 4.06. The van der Waals surface area contributed by atoms with Gasteiger partial charge in [-0.25, -0.2) is 4.79 Å². The van der Waals surface area contributed by atoms with E-state index in [1.165, 1.54) is 186 Å². The van der Waals surface area contributed by atoms with Gasteiger partial charge in [-0.1, -0.05) is 328 Å². The predicted molar refractivity (Wildman–Crippen MR) is 391 cm³/mol. The molecular formula is C82H142NO8+. The van der Waals surface area contributed by atoms with Crippen molar-refractivity contribution in [1.29, 1.82) is 0 Å². The fraction of sp³-hybridized carbons (Fsp3) is 0.720. The van der Waals surface area contributed by atoms with Gasteiger partial charge in [0.05, 0.1) is 34.4 Å². The summed E-state index contributed by atoms with van der Waals surface area (Å²) in [4.78, 5) is 37.7. The maximum atomic E-state index is 13.0. The smallest absolute Gasteiger partial charge is 0.361 e. The Morgan fingerprint density at radius 3 is 0.879 bits per heavy atom. The molecule has 0 amide bonds. The molecule has 1 N–H and O–H groups in total. The molecule has 0 aliphatic carbocycles. The van der Waals surface area contributed by atoms with Crippen LogP contribution >= 0.6 is 0 Å². The molecule has 0 aromatic rings. The minimum Gasteiger partial charge on any atom is -0.477 e. The summed E-state index contributed by atoms with van der Waals surface area (Å²) in [6.07, 6.45) is 99.0. The van der Waals surface area contributed by atoms with Crippen LogP contribution in [0.25, 0.3) is 0 Å². The lowest BCUT2D eigenvalue weighted by Gasteiger charge is -2.25. The maximum absolute atomic E-state index is 13.0. The molecule has 0 aliphatic heterocycles. The van der Waals surface area contributed by atoms with E-state index in [-0.39, 0.29) is 32.2 Å². The average Bonchev–Trinajstić information content (AvgIpc) is 3.65. The van der Waals surface area contributed by atoms with Crippen LogP contribution in [0.15, 0.2) is 122 Å². The van der Waals surface area contributed by atoms with Crippen LogP contribution in [0.2, 0.25) is 0 Å². The quantitative estimate of drug-likeness (QED) is 0.0211. The monoisotopic (exact) mass is 1270 g/mol. The number of likely N-dealkylation sites (N-methyl/N-ethyl adjacent to an activating group) is 1. The molecule has 0 aromatic heterocycles. The van der Waals surface area contributed by atoms with Gasteiger partial charge in [0.2, 0.25) is 0 Å². The molecule has 0 aromatic carbocycles. The summed E-state index contributed by atoms with van der Waals surface area (Å²) in [6, 6.07) is 0. The van der Waals surface area contributed by atoms with Gasteiger partial charge < -0.3 is 28.5 Å². The molecule has 0 radical (unpaired) electrons. The number of carbonyl (C=O) groups is 3. The molecular weight excluding hydrogens is 1130 g/mol. The van der Waals surface area contributed by atoms with Gasteiger partial charge in [-0.05, 0) is 103 Å². The molecule has 9 heteroatoms. The SMILES string of the molecule is CC/C=C\C/C=C\C/C=C\C/C=C\C/C=C\C/C=C\CCCCCCCCCCCCCCC(=O)OC(COC(=O)CCCCCCCCCCCCCCCCCCCCCCCC/C=C\C/C=C\C/C=C\C/C=C\CC)COC(OCC[N+](C)(C)C)C(=O)O. The molecule has 522 valence electrons. The van der Waals surface area contributed by atoms with Crippen LogP contribution in [0.3, 0.4) is 0 Å². The second kappa shape index (κ2) is 71.5. The Labute approximate surface area is 561 Å². The summed E-state index contributed by atoms with van der Waals surface area (Å²) in [6.45, 7) is 4.68. The zero-order valence-electron chi connectivity index (χ0n) is 59.7. The molecule has 0 heterocycles. The van der Waals surface area contributed by atoms with E-state index >= 15 is 0 Å². The lowest BCUT2D eigenvalue weighted by Crippen LogP contribution is -2.40. The first-order valence-corrected chi connectivity index (χ1v) is 37.7. The summed E-state index contributed by atoms with van der Waals surface area (Å²) in [5, 5.41) is 9.76. The molecule has 0 saturated heterocycles. The number of hydrogen-bond donors (Lipinski definition) is 1. The van der Waals surface area contributed by atoms with Crippen molar-refractivity contribution in [2.75, 3.05) is 47.5 Å². The molecule has 0 rings (SSSR count). The Kier molecular flexibility index (Phi) is 68.1. The van der Waals surface area contributed by atoms with Gasteiger partial charge in [0.15, 0.2) is 6.10 Å². The predicted octanol–water partition coefficient (Wildman–Crippen LogP) is 23.9. The van der Waals surface area contributed by atoms with E-state index in [0.29, 0.717) is 23.9 Å². The summed E-state index contributed by atoms with van der Waals surface area (Å²) in [7, 11) is 5.98. The summed E-state index contributed by atoms with van der Waals surface area (Å²) >= 11 is 0. The molecule has 9 nitrogen and oxygen atoms in total. The Morgan fingerprint density at radius 2 is 0.593 bits per heavy atom. The highest BCUT2D eigenvalue weighted by molar-refractivity contribution is 5.71. The van der Waals surface area contributed by atoms with Crippen molar-refractivity contribution in [3.63, 3.8) is 0 Å². The van der Waals surface area contributed by atoms with E-state index in [1.54, 1.807) is 0 Å². The number of hydrogen-bond acceptors (Lipinski definition) is 7. The Hall–Kier alpha value is -4.31. The molecule has 0 spiro atoms. The highest BCUT2D eigenvalue weighted by atomic mass is 16.7. The highest BCUT2D eigenvalue weighted by Crippen LogP contribution is 2.18. The zero-order valence-corrected chi connectivity index (χ0v) is 59.7. The molecule has 2 atom stereocenters. The van der Waals surface area contributed by atoms with Gasteiger partial charge in [0.25, 0.3) is 6.29 Å². The number of ether oxygens (including phenoxy) is 4. The molecule has 0 saturated carbocycles. The van der Waals surface area contributed by atoms with Crippen LogP contribution in [-0.2, 0) is 33.3 Å². The van der Waals surface area contributed by atoms with Gasteiger partial charge in [0.1, 0.15) is 13.2 Å². The van der Waals surface area contributed by atoms with Crippen LogP contribution in [0.1, 0.15) is 322 Å². The number of carbonyl (C=O) groups excluding carboxylic acids is 2. The third-order valence-corrected chi connectivity index (χ3v) is 16.2. The number of unbranched alkanes of at least 4 members (excludes halogenated alkanes) is 34. The second-order valence-corrected chi connectivity index (χ2v) is 26.2. The van der Waals surface area contributed by atoms with Crippen molar-refractivity contribution in [2.24, 2.45) is 0 Å². The van der Waals surface area contributed by atoms with E-state index < -0.39 is 24.3 Å². The summed E-state index contributed by atoms with van der Waals surface area (Å²) in [5.41, 5.74) is 0. The largest absolute Gasteiger partial charge is 0.477 e. The lowest BCUT2D eigenvalue weighted by molar-refractivity contribution is -0.870. The fourth-order valence-electron chi connectivity index (χ4n) is 10.5. The first kappa shape index (κ1) is 86.7. The van der Waals surface area contributed by atoms with Crippen LogP contribution in [0.5, 0.6) is 0 Å². The van der Waals surface area contributed by atoms with Crippen molar-refractivity contribution in [3.05, 3.63) is 122 Å². The van der Waals surface area contributed by atoms with E-state index in [2.05, 4.69) is 135 Å². The zero-order chi connectivity index (χ0) is 66.1. The van der Waals surface area contributed by atoms with Crippen molar-refractivity contribution >= 4 is 17.9 Å². The average molecular weight is 1270 g/mol. The normalized spacial score (nSPS) is 13.4. The minimum atomic E-state index is -1.52. The van der Waals surface area contributed by atoms with Gasteiger partial charge in [-0.15, -0.1) is 0 Å². The molecule has 91 heavy (non-hydrogen) atoms. The first-order valence-electron chi connectivity index (χ1n) is 37.7. The van der Waals surface area contributed by atoms with Crippen molar-refractivity contribution in [1.82, 2.24) is 0 Å². The number of carboxylic acid groups (broad SMARTS) is 1. The first-order chi connectivity index (χ1) is 44.6. The van der Waals surface area contributed by atoms with Gasteiger partial charge in [0, 0.05) is 12.8 Å². The van der Waals surface area contributed by atoms with Crippen molar-refractivity contribution < 1.29 is 42.9 Å². The number of aliphatic carboxylic acids is 1. The number of nitrogens with zero attached hydrogens (tertiary/aromatic N) is 1. The number of quaternary nitrogens is 1. The van der Waals surface area contributed by atoms with Gasteiger partial charge >= 0.3 is 17.9 Å². The third kappa shape index (κ3) is 73.0. The highest BCUT2D eigenvalue weighted by Gasteiger charge is 2.25. The number of carboxylic acids is 1. The van der Waals surface area contributed by atoms with Crippen LogP contribution in [0.4, 0.5) is 0 Å². The summed E-state index contributed by atoms with van der Waals surface area (Å²) in [5.74, 6) is -2.00. The number of rotatable bonds is 69.